The molecular weight excluding hydrogens is 216 g/mol. The first-order valence-corrected chi connectivity index (χ1v) is 5.74. The van der Waals surface area contributed by atoms with Gasteiger partial charge in [0.1, 0.15) is 0 Å². The van der Waals surface area contributed by atoms with Crippen molar-refractivity contribution in [2.75, 3.05) is 25.6 Å². The summed E-state index contributed by atoms with van der Waals surface area (Å²) in [6.45, 7) is 1.60. The van der Waals surface area contributed by atoms with Gasteiger partial charge in [-0.1, -0.05) is 0 Å². The topological polar surface area (TPSA) is 33.3 Å². The van der Waals surface area contributed by atoms with E-state index in [1.54, 1.807) is 18.4 Å². The van der Waals surface area contributed by atoms with Crippen LogP contribution < -0.4 is 10.6 Å². The van der Waals surface area contributed by atoms with Crippen molar-refractivity contribution >= 4 is 34.4 Å². The summed E-state index contributed by atoms with van der Waals surface area (Å²) in [6.07, 6.45) is 0.960. The van der Waals surface area contributed by atoms with Crippen molar-refractivity contribution in [3.8, 4) is 0 Å². The number of anilines is 1. The summed E-state index contributed by atoms with van der Waals surface area (Å²) in [5, 5.41) is 10.9. The summed E-state index contributed by atoms with van der Waals surface area (Å²) in [4.78, 5) is 0. The Morgan fingerprint density at radius 1 is 1.64 bits per heavy atom. The van der Waals surface area contributed by atoms with E-state index >= 15 is 0 Å². The molecule has 14 heavy (non-hydrogen) atoms. The van der Waals surface area contributed by atoms with E-state index < -0.39 is 0 Å². The summed E-state index contributed by atoms with van der Waals surface area (Å²) < 4.78 is 4.93. The number of rotatable bonds is 5. The van der Waals surface area contributed by atoms with Crippen LogP contribution in [0.1, 0.15) is 6.42 Å². The maximum absolute atomic E-state index is 5.09. The van der Waals surface area contributed by atoms with Crippen molar-refractivity contribution in [2.45, 2.75) is 6.42 Å². The number of hydrogen-bond acceptors (Lipinski definition) is 3. The summed E-state index contributed by atoms with van der Waals surface area (Å²) in [7, 11) is 1.70. The van der Waals surface area contributed by atoms with Crippen molar-refractivity contribution in [1.82, 2.24) is 5.32 Å². The number of ether oxygens (including phenoxy) is 1. The lowest BCUT2D eigenvalue weighted by Gasteiger charge is -2.08. The van der Waals surface area contributed by atoms with Gasteiger partial charge in [-0.15, -0.1) is 0 Å². The van der Waals surface area contributed by atoms with Crippen LogP contribution in [0.2, 0.25) is 0 Å². The monoisotopic (exact) mass is 230 g/mol. The van der Waals surface area contributed by atoms with Gasteiger partial charge in [-0.25, -0.2) is 0 Å². The second kappa shape index (κ2) is 6.75. The summed E-state index contributed by atoms with van der Waals surface area (Å²) in [5.74, 6) is 0. The Kier molecular flexibility index (Phi) is 5.51. The second-order valence-corrected chi connectivity index (χ2v) is 3.93. The van der Waals surface area contributed by atoms with Crippen LogP contribution in [0.15, 0.2) is 16.8 Å². The molecule has 3 nitrogen and oxygen atoms in total. The van der Waals surface area contributed by atoms with Crippen LogP contribution in [-0.4, -0.2) is 25.4 Å². The molecule has 0 saturated carbocycles. The normalized spacial score (nSPS) is 9.79. The van der Waals surface area contributed by atoms with E-state index in [0.29, 0.717) is 5.11 Å². The highest BCUT2D eigenvalue weighted by Crippen LogP contribution is 2.11. The van der Waals surface area contributed by atoms with Gasteiger partial charge in [0.2, 0.25) is 0 Å². The highest BCUT2D eigenvalue weighted by atomic mass is 32.1. The fraction of sp³-hybridized carbons (Fsp3) is 0.444. The predicted molar refractivity (Wildman–Crippen MR) is 65.0 cm³/mol. The summed E-state index contributed by atoms with van der Waals surface area (Å²) in [5.41, 5.74) is 1.04. The van der Waals surface area contributed by atoms with Gasteiger partial charge in [-0.05, 0) is 30.1 Å². The molecule has 0 aliphatic carbocycles. The van der Waals surface area contributed by atoms with Crippen molar-refractivity contribution in [1.29, 1.82) is 0 Å². The Balaban J connectivity index is 2.11. The molecule has 5 heteroatoms. The van der Waals surface area contributed by atoms with Crippen molar-refractivity contribution < 1.29 is 4.74 Å². The quantitative estimate of drug-likeness (QED) is 0.599. The number of thiophene rings is 1. The fourth-order valence-electron chi connectivity index (χ4n) is 0.929. The molecule has 0 aliphatic heterocycles. The first-order chi connectivity index (χ1) is 6.83. The molecule has 0 aromatic carbocycles. The maximum Gasteiger partial charge on any atom is 0.170 e. The molecule has 1 aromatic rings. The highest BCUT2D eigenvalue weighted by molar-refractivity contribution is 7.80. The average molecular weight is 230 g/mol. The van der Waals surface area contributed by atoms with E-state index in [1.165, 1.54) is 0 Å². The Morgan fingerprint density at radius 3 is 3.14 bits per heavy atom. The number of methoxy groups -OCH3 is 1. The van der Waals surface area contributed by atoms with Crippen molar-refractivity contribution in [3.63, 3.8) is 0 Å². The minimum atomic E-state index is 0.666. The van der Waals surface area contributed by atoms with E-state index in [2.05, 4.69) is 10.6 Å². The van der Waals surface area contributed by atoms with Gasteiger partial charge in [-0.3, -0.25) is 0 Å². The summed E-state index contributed by atoms with van der Waals surface area (Å²) >= 11 is 6.74. The summed E-state index contributed by atoms with van der Waals surface area (Å²) in [6, 6.07) is 1.99. The highest BCUT2D eigenvalue weighted by Gasteiger charge is 1.96. The van der Waals surface area contributed by atoms with E-state index in [0.717, 1.165) is 25.3 Å². The van der Waals surface area contributed by atoms with E-state index in [-0.39, 0.29) is 0 Å². The molecule has 0 saturated heterocycles. The first kappa shape index (κ1) is 11.4. The molecular formula is C9H14N2OS2. The van der Waals surface area contributed by atoms with Gasteiger partial charge in [-0.2, -0.15) is 11.3 Å². The van der Waals surface area contributed by atoms with Gasteiger partial charge in [0.15, 0.2) is 5.11 Å². The molecule has 0 amide bonds. The number of hydrogen-bond donors (Lipinski definition) is 2. The predicted octanol–water partition coefficient (Wildman–Crippen LogP) is 2.07. The van der Waals surface area contributed by atoms with Crippen LogP contribution >= 0.6 is 23.6 Å². The zero-order valence-corrected chi connectivity index (χ0v) is 9.71. The van der Waals surface area contributed by atoms with Gasteiger partial charge in [0.25, 0.3) is 0 Å². The molecule has 0 spiro atoms. The minimum absolute atomic E-state index is 0.666. The van der Waals surface area contributed by atoms with Crippen LogP contribution in [0.3, 0.4) is 0 Å². The van der Waals surface area contributed by atoms with E-state index in [1.807, 2.05) is 16.8 Å². The minimum Gasteiger partial charge on any atom is -0.385 e. The molecule has 1 rings (SSSR count). The Bertz CT molecular complexity index is 262. The molecule has 0 atom stereocenters. The Hall–Kier alpha value is -0.650. The third-order valence-corrected chi connectivity index (χ3v) is 2.52. The lowest BCUT2D eigenvalue weighted by Crippen LogP contribution is -2.29. The van der Waals surface area contributed by atoms with Crippen LogP contribution in [-0.2, 0) is 4.74 Å². The molecule has 0 unspecified atom stereocenters. The molecule has 0 fully saturated rings. The Morgan fingerprint density at radius 2 is 2.50 bits per heavy atom. The lowest BCUT2D eigenvalue weighted by molar-refractivity contribution is 0.196. The number of nitrogens with one attached hydrogen (secondary N) is 2. The third-order valence-electron chi connectivity index (χ3n) is 1.59. The van der Waals surface area contributed by atoms with Crippen LogP contribution in [0.5, 0.6) is 0 Å². The fourth-order valence-corrected chi connectivity index (χ4v) is 1.74. The molecule has 0 aliphatic rings. The molecule has 0 radical (unpaired) electrons. The van der Waals surface area contributed by atoms with Gasteiger partial charge in [0, 0.05) is 25.6 Å². The molecule has 0 bridgehead atoms. The largest absolute Gasteiger partial charge is 0.385 e. The van der Waals surface area contributed by atoms with Crippen molar-refractivity contribution in [3.05, 3.63) is 16.8 Å². The van der Waals surface area contributed by atoms with Crippen molar-refractivity contribution in [2.24, 2.45) is 0 Å². The standard InChI is InChI=1S/C9H14N2OS2/c1-12-5-2-4-10-9(13)11-8-3-6-14-7-8/h3,6-7H,2,4-5H2,1H3,(H2,10,11,13). The van der Waals surface area contributed by atoms with Crippen LogP contribution in [0.25, 0.3) is 0 Å². The lowest BCUT2D eigenvalue weighted by atomic mass is 10.4. The SMILES string of the molecule is COCCCNC(=S)Nc1ccsc1. The average Bonchev–Trinajstić information content (AvgIpc) is 2.65. The molecule has 78 valence electrons. The van der Waals surface area contributed by atoms with E-state index in [9.17, 15) is 0 Å². The van der Waals surface area contributed by atoms with Crippen LogP contribution in [0.4, 0.5) is 5.69 Å². The van der Waals surface area contributed by atoms with Gasteiger partial charge >= 0.3 is 0 Å². The molecule has 2 N–H and O–H groups in total. The Labute approximate surface area is 93.5 Å². The number of thiocarbonyl (C=S) groups is 1. The third kappa shape index (κ3) is 4.55. The first-order valence-electron chi connectivity index (χ1n) is 4.39. The van der Waals surface area contributed by atoms with Gasteiger partial charge in [0.05, 0.1) is 5.69 Å². The smallest absolute Gasteiger partial charge is 0.170 e. The molecule has 1 heterocycles. The second-order valence-electron chi connectivity index (χ2n) is 2.74. The maximum atomic E-state index is 5.09. The van der Waals surface area contributed by atoms with E-state index in [4.69, 9.17) is 17.0 Å². The zero-order chi connectivity index (χ0) is 10.2. The van der Waals surface area contributed by atoms with Gasteiger partial charge < -0.3 is 15.4 Å². The van der Waals surface area contributed by atoms with Crippen LogP contribution in [0, 0.1) is 0 Å². The molecule has 1 aromatic heterocycles. The zero-order valence-electron chi connectivity index (χ0n) is 8.08.